The molecule has 4 N–H and O–H groups in total. The topological polar surface area (TPSA) is 142 Å². The van der Waals surface area contributed by atoms with Crippen molar-refractivity contribution in [2.75, 3.05) is 43.9 Å². The number of aliphatic imine (C=N–C) groups is 1. The molecule has 3 heterocycles. The molecule has 0 radical (unpaired) electrons. The quantitative estimate of drug-likeness (QED) is 0.532. The van der Waals surface area contributed by atoms with E-state index in [0.29, 0.717) is 13.1 Å². The van der Waals surface area contributed by atoms with Crippen LogP contribution in [0.1, 0.15) is 28.9 Å². The van der Waals surface area contributed by atoms with Crippen molar-refractivity contribution < 1.29 is 9.59 Å². The van der Waals surface area contributed by atoms with E-state index in [1.54, 1.807) is 4.90 Å². The van der Waals surface area contributed by atoms with Gasteiger partial charge in [-0.15, -0.1) is 10.2 Å². The van der Waals surface area contributed by atoms with Crippen LogP contribution in [0.25, 0.3) is 0 Å². The van der Waals surface area contributed by atoms with Gasteiger partial charge in [-0.2, -0.15) is 4.98 Å². The standard InChI is InChI=1S/C22H27N9O2/c1-3-17(32)31-11-4-5-16(13-31)26-22-27-20(18(19(23)33)28-29-22)25-15-8-6-14(7-9-15)21-24-10-12-30(21)2/h3,6-9,16H,1,4-5,10-13H2,2H3,(H2,23,33)(H2,25,26,27,29). The van der Waals surface area contributed by atoms with Crippen molar-refractivity contribution in [3.63, 3.8) is 0 Å². The number of nitrogens with two attached hydrogens (primary N) is 1. The van der Waals surface area contributed by atoms with Crippen LogP contribution in [0, 0.1) is 0 Å². The lowest BCUT2D eigenvalue weighted by molar-refractivity contribution is -0.127. The SMILES string of the molecule is C=CC(=O)N1CCCC(Nc2nnc(C(N)=O)c(Nc3ccc(C4=NCCN4C)cc3)n2)C1. The molecule has 11 heteroatoms. The van der Waals surface area contributed by atoms with Crippen molar-refractivity contribution in [3.8, 4) is 0 Å². The van der Waals surface area contributed by atoms with Crippen molar-refractivity contribution in [1.29, 1.82) is 0 Å². The minimum atomic E-state index is -0.733. The van der Waals surface area contributed by atoms with E-state index < -0.39 is 5.91 Å². The maximum atomic E-state index is 11.9. The molecule has 2 aliphatic heterocycles. The van der Waals surface area contributed by atoms with Crippen LogP contribution in [0.15, 0.2) is 41.9 Å². The number of piperidine rings is 1. The Morgan fingerprint density at radius 2 is 2.00 bits per heavy atom. The Bertz CT molecular complexity index is 1080. The van der Waals surface area contributed by atoms with E-state index in [1.165, 1.54) is 6.08 Å². The average molecular weight is 450 g/mol. The summed E-state index contributed by atoms with van der Waals surface area (Å²) in [6, 6.07) is 7.62. The predicted octanol–water partition coefficient (Wildman–Crippen LogP) is 0.995. The van der Waals surface area contributed by atoms with E-state index in [0.717, 1.165) is 43.0 Å². The van der Waals surface area contributed by atoms with Gasteiger partial charge in [0.1, 0.15) is 5.84 Å². The zero-order valence-corrected chi connectivity index (χ0v) is 18.5. The van der Waals surface area contributed by atoms with Crippen molar-refractivity contribution >= 4 is 35.1 Å². The normalized spacial score (nSPS) is 18.0. The number of benzene rings is 1. The highest BCUT2D eigenvalue weighted by atomic mass is 16.2. The largest absolute Gasteiger partial charge is 0.364 e. The summed E-state index contributed by atoms with van der Waals surface area (Å²) in [4.78, 5) is 36.6. The van der Waals surface area contributed by atoms with Crippen molar-refractivity contribution in [1.82, 2.24) is 25.0 Å². The van der Waals surface area contributed by atoms with Gasteiger partial charge >= 0.3 is 0 Å². The molecule has 1 aromatic carbocycles. The molecule has 172 valence electrons. The number of hydrogen-bond acceptors (Lipinski definition) is 9. The van der Waals surface area contributed by atoms with Crippen LogP contribution in [0.2, 0.25) is 0 Å². The summed E-state index contributed by atoms with van der Waals surface area (Å²) in [6.07, 6.45) is 3.01. The number of primary amides is 1. The number of nitrogens with one attached hydrogen (secondary N) is 2. The summed E-state index contributed by atoms with van der Waals surface area (Å²) in [7, 11) is 2.01. The molecule has 2 aromatic rings. The minimum Gasteiger partial charge on any atom is -0.364 e. The number of amidine groups is 1. The third-order valence-electron chi connectivity index (χ3n) is 5.63. The number of carbonyl (C=O) groups is 2. The van der Waals surface area contributed by atoms with Crippen LogP contribution in [0.5, 0.6) is 0 Å². The highest BCUT2D eigenvalue weighted by Crippen LogP contribution is 2.21. The number of likely N-dealkylation sites (N-methyl/N-ethyl adjacent to an activating group) is 1. The van der Waals surface area contributed by atoms with Crippen LogP contribution in [0.4, 0.5) is 17.5 Å². The van der Waals surface area contributed by atoms with E-state index in [4.69, 9.17) is 5.73 Å². The number of amides is 2. The number of anilines is 3. The third kappa shape index (κ3) is 5.08. The molecule has 1 saturated heterocycles. The monoisotopic (exact) mass is 449 g/mol. The summed E-state index contributed by atoms with van der Waals surface area (Å²) in [5.41, 5.74) is 7.14. The average Bonchev–Trinajstić information content (AvgIpc) is 3.25. The molecule has 1 fully saturated rings. The maximum Gasteiger partial charge on any atom is 0.273 e. The minimum absolute atomic E-state index is 0.0415. The van der Waals surface area contributed by atoms with Gasteiger partial charge in [-0.1, -0.05) is 6.58 Å². The van der Waals surface area contributed by atoms with Gasteiger partial charge < -0.3 is 26.2 Å². The first-order valence-electron chi connectivity index (χ1n) is 10.8. The first kappa shape index (κ1) is 22.2. The Morgan fingerprint density at radius 1 is 1.21 bits per heavy atom. The molecule has 11 nitrogen and oxygen atoms in total. The molecule has 0 aliphatic carbocycles. The molecule has 4 rings (SSSR count). The molecule has 33 heavy (non-hydrogen) atoms. The van der Waals surface area contributed by atoms with Crippen molar-refractivity contribution in [2.45, 2.75) is 18.9 Å². The summed E-state index contributed by atoms with van der Waals surface area (Å²) < 4.78 is 0. The molecular weight excluding hydrogens is 422 g/mol. The molecule has 0 bridgehead atoms. The molecular formula is C22H27N9O2. The Morgan fingerprint density at radius 3 is 2.67 bits per heavy atom. The summed E-state index contributed by atoms with van der Waals surface area (Å²) in [5.74, 6) is 0.566. The summed E-state index contributed by atoms with van der Waals surface area (Å²) >= 11 is 0. The number of rotatable bonds is 7. The van der Waals surface area contributed by atoms with Crippen molar-refractivity contribution in [3.05, 3.63) is 48.2 Å². The smallest absolute Gasteiger partial charge is 0.273 e. The maximum absolute atomic E-state index is 11.9. The molecule has 2 amide bonds. The van der Waals surface area contributed by atoms with Gasteiger partial charge in [-0.3, -0.25) is 14.6 Å². The third-order valence-corrected chi connectivity index (χ3v) is 5.63. The molecule has 1 aromatic heterocycles. The van der Waals surface area contributed by atoms with Gasteiger partial charge in [0.25, 0.3) is 5.91 Å². The zero-order chi connectivity index (χ0) is 23.4. The van der Waals surface area contributed by atoms with Crippen LogP contribution in [-0.2, 0) is 4.79 Å². The second kappa shape index (κ2) is 9.63. The number of aromatic nitrogens is 3. The van der Waals surface area contributed by atoms with E-state index in [-0.39, 0.29) is 29.4 Å². The van der Waals surface area contributed by atoms with Crippen LogP contribution < -0.4 is 16.4 Å². The molecule has 1 unspecified atom stereocenters. The lowest BCUT2D eigenvalue weighted by Gasteiger charge is -2.32. The summed E-state index contributed by atoms with van der Waals surface area (Å²) in [5, 5.41) is 14.3. The van der Waals surface area contributed by atoms with E-state index >= 15 is 0 Å². The number of likely N-dealkylation sites (tertiary alicyclic amines) is 1. The molecule has 0 saturated carbocycles. The van der Waals surface area contributed by atoms with Gasteiger partial charge in [-0.25, -0.2) is 0 Å². The lowest BCUT2D eigenvalue weighted by atomic mass is 10.1. The predicted molar refractivity (Wildman–Crippen MR) is 126 cm³/mol. The lowest BCUT2D eigenvalue weighted by Crippen LogP contribution is -2.44. The Balaban J connectivity index is 1.50. The Labute approximate surface area is 191 Å². The highest BCUT2D eigenvalue weighted by Gasteiger charge is 2.24. The van der Waals surface area contributed by atoms with Gasteiger partial charge in [0.2, 0.25) is 11.9 Å². The van der Waals surface area contributed by atoms with Gasteiger partial charge in [-0.05, 0) is 43.2 Å². The van der Waals surface area contributed by atoms with Crippen LogP contribution >= 0.6 is 0 Å². The highest BCUT2D eigenvalue weighted by molar-refractivity contribution is 6.00. The van der Waals surface area contributed by atoms with Gasteiger partial charge in [0, 0.05) is 44.0 Å². The fourth-order valence-corrected chi connectivity index (χ4v) is 3.93. The fraction of sp³-hybridized carbons (Fsp3) is 0.364. The Hall–Kier alpha value is -4.02. The van der Waals surface area contributed by atoms with Crippen molar-refractivity contribution in [2.24, 2.45) is 10.7 Å². The Kier molecular flexibility index (Phi) is 6.48. The van der Waals surface area contributed by atoms with Crippen LogP contribution in [0.3, 0.4) is 0 Å². The molecule has 0 spiro atoms. The second-order valence-corrected chi connectivity index (χ2v) is 8.00. The number of hydrogen-bond donors (Lipinski definition) is 3. The molecule has 1 atom stereocenters. The van der Waals surface area contributed by atoms with E-state index in [2.05, 4.69) is 42.3 Å². The van der Waals surface area contributed by atoms with E-state index in [1.807, 2.05) is 31.3 Å². The first-order valence-corrected chi connectivity index (χ1v) is 10.8. The van der Waals surface area contributed by atoms with Gasteiger partial charge in [0.05, 0.1) is 6.54 Å². The van der Waals surface area contributed by atoms with E-state index in [9.17, 15) is 9.59 Å². The summed E-state index contributed by atoms with van der Waals surface area (Å²) in [6.45, 7) is 6.43. The first-order chi connectivity index (χ1) is 15.9. The van der Waals surface area contributed by atoms with Crippen LogP contribution in [-0.4, -0.2) is 81.9 Å². The number of carbonyl (C=O) groups excluding carboxylic acids is 2. The molecule has 2 aliphatic rings. The fourth-order valence-electron chi connectivity index (χ4n) is 3.93. The number of nitrogens with zero attached hydrogens (tertiary/aromatic N) is 6. The second-order valence-electron chi connectivity index (χ2n) is 8.00. The zero-order valence-electron chi connectivity index (χ0n) is 18.5. The van der Waals surface area contributed by atoms with Gasteiger partial charge in [0.15, 0.2) is 11.5 Å².